The Balaban J connectivity index is 2.05. The van der Waals surface area contributed by atoms with E-state index in [-0.39, 0.29) is 11.5 Å². The van der Waals surface area contributed by atoms with Crippen LogP contribution in [0.4, 0.5) is 5.69 Å². The van der Waals surface area contributed by atoms with Gasteiger partial charge in [-0.3, -0.25) is 4.79 Å². The summed E-state index contributed by atoms with van der Waals surface area (Å²) in [6.45, 7) is 0.307. The maximum atomic E-state index is 12.9. The van der Waals surface area contributed by atoms with E-state index in [1.807, 2.05) is 41.8 Å². The van der Waals surface area contributed by atoms with E-state index in [1.54, 1.807) is 24.3 Å². The summed E-state index contributed by atoms with van der Waals surface area (Å²) in [5.41, 5.74) is 1.44. The van der Waals surface area contributed by atoms with Crippen molar-refractivity contribution in [2.24, 2.45) is 0 Å². The van der Waals surface area contributed by atoms with Crippen molar-refractivity contribution in [3.8, 4) is 0 Å². The molecule has 0 radical (unpaired) electrons. The Kier molecular flexibility index (Phi) is 4.72. The van der Waals surface area contributed by atoms with E-state index in [9.17, 15) is 14.7 Å². The van der Waals surface area contributed by atoms with Gasteiger partial charge in [0.05, 0.1) is 22.7 Å². The number of rotatable bonds is 5. The number of carbonyl (C=O) groups is 2. The fourth-order valence-corrected chi connectivity index (χ4v) is 3.13. The van der Waals surface area contributed by atoms with Crippen molar-refractivity contribution >= 4 is 28.9 Å². The molecule has 0 unspecified atom stereocenters. The summed E-state index contributed by atoms with van der Waals surface area (Å²) >= 11 is 1.34. The molecule has 0 spiro atoms. The molecule has 3 aromatic rings. The standard InChI is InChI=1S/C19H15NO3S/c21-18(17-11-6-12-24-17)20(13-14-7-2-1-3-8-14)16-10-5-4-9-15(16)19(22)23/h1-12H,13H2,(H,22,23). The van der Waals surface area contributed by atoms with Crippen molar-refractivity contribution in [3.05, 3.63) is 88.1 Å². The first kappa shape index (κ1) is 16.0. The molecule has 0 aliphatic heterocycles. The summed E-state index contributed by atoms with van der Waals surface area (Å²) in [6, 6.07) is 19.6. The topological polar surface area (TPSA) is 57.6 Å². The lowest BCUT2D eigenvalue weighted by Gasteiger charge is -2.24. The van der Waals surface area contributed by atoms with Crippen LogP contribution in [0.15, 0.2) is 72.1 Å². The SMILES string of the molecule is O=C(O)c1ccccc1N(Cc1ccccc1)C(=O)c1cccs1. The average molecular weight is 337 g/mol. The van der Waals surface area contributed by atoms with Gasteiger partial charge in [0, 0.05) is 0 Å². The lowest BCUT2D eigenvalue weighted by Crippen LogP contribution is -2.31. The number of nitrogens with zero attached hydrogens (tertiary/aromatic N) is 1. The number of aromatic carboxylic acids is 1. The molecule has 3 rings (SSSR count). The van der Waals surface area contributed by atoms with Crippen LogP contribution >= 0.6 is 11.3 Å². The summed E-state index contributed by atoms with van der Waals surface area (Å²) in [5.74, 6) is -1.26. The number of benzene rings is 2. The van der Waals surface area contributed by atoms with Crippen molar-refractivity contribution in [1.29, 1.82) is 0 Å². The first-order chi connectivity index (χ1) is 11.7. The molecular weight excluding hydrogens is 322 g/mol. The summed E-state index contributed by atoms with van der Waals surface area (Å²) in [4.78, 5) is 26.6. The molecule has 4 nitrogen and oxygen atoms in total. The Morgan fingerprint density at radius 3 is 2.29 bits per heavy atom. The van der Waals surface area contributed by atoms with Gasteiger partial charge in [0.15, 0.2) is 0 Å². The zero-order valence-electron chi connectivity index (χ0n) is 12.8. The van der Waals surface area contributed by atoms with Crippen molar-refractivity contribution < 1.29 is 14.7 Å². The minimum Gasteiger partial charge on any atom is -0.478 e. The van der Waals surface area contributed by atoms with E-state index in [2.05, 4.69) is 0 Å². The van der Waals surface area contributed by atoms with Crippen LogP contribution in [-0.2, 0) is 6.54 Å². The van der Waals surface area contributed by atoms with Crippen LogP contribution < -0.4 is 4.90 Å². The quantitative estimate of drug-likeness (QED) is 0.755. The second-order valence-corrected chi connectivity index (χ2v) is 6.12. The molecule has 0 saturated heterocycles. The normalized spacial score (nSPS) is 10.3. The minimum absolute atomic E-state index is 0.110. The number of carbonyl (C=O) groups excluding carboxylic acids is 1. The summed E-state index contributed by atoms with van der Waals surface area (Å²) in [7, 11) is 0. The van der Waals surface area contributed by atoms with Gasteiger partial charge in [-0.25, -0.2) is 4.79 Å². The van der Waals surface area contributed by atoms with Gasteiger partial charge in [0.1, 0.15) is 0 Å². The van der Waals surface area contributed by atoms with Crippen LogP contribution in [0, 0.1) is 0 Å². The zero-order chi connectivity index (χ0) is 16.9. The Morgan fingerprint density at radius 2 is 1.62 bits per heavy atom. The lowest BCUT2D eigenvalue weighted by molar-refractivity contribution is 0.0697. The fraction of sp³-hybridized carbons (Fsp3) is 0.0526. The summed E-state index contributed by atoms with van der Waals surface area (Å²) < 4.78 is 0. The fourth-order valence-electron chi connectivity index (χ4n) is 2.46. The molecule has 0 aliphatic carbocycles. The zero-order valence-corrected chi connectivity index (χ0v) is 13.6. The highest BCUT2D eigenvalue weighted by molar-refractivity contribution is 7.12. The third kappa shape index (κ3) is 3.36. The number of anilines is 1. The number of thiophene rings is 1. The molecule has 0 fully saturated rings. The van der Waals surface area contributed by atoms with Gasteiger partial charge in [-0.1, -0.05) is 48.5 Å². The highest BCUT2D eigenvalue weighted by Crippen LogP contribution is 2.26. The molecule has 0 aliphatic rings. The van der Waals surface area contributed by atoms with Crippen LogP contribution in [-0.4, -0.2) is 17.0 Å². The number of amides is 1. The smallest absolute Gasteiger partial charge is 0.337 e. The number of hydrogen-bond donors (Lipinski definition) is 1. The molecule has 0 saturated carbocycles. The Hall–Kier alpha value is -2.92. The Bertz CT molecular complexity index is 844. The molecular formula is C19H15NO3S. The monoisotopic (exact) mass is 337 g/mol. The molecule has 5 heteroatoms. The van der Waals surface area contributed by atoms with E-state index in [4.69, 9.17) is 0 Å². The second-order valence-electron chi connectivity index (χ2n) is 5.18. The van der Waals surface area contributed by atoms with Crippen molar-refractivity contribution in [2.75, 3.05) is 4.90 Å². The maximum Gasteiger partial charge on any atom is 0.337 e. The molecule has 0 bridgehead atoms. The van der Waals surface area contributed by atoms with E-state index in [0.717, 1.165) is 5.56 Å². The molecule has 1 amide bonds. The average Bonchev–Trinajstić information content (AvgIpc) is 3.14. The van der Waals surface area contributed by atoms with Gasteiger partial charge in [-0.05, 0) is 29.1 Å². The lowest BCUT2D eigenvalue weighted by atomic mass is 10.1. The molecule has 1 aromatic heterocycles. The maximum absolute atomic E-state index is 12.9. The van der Waals surface area contributed by atoms with Crippen molar-refractivity contribution in [3.63, 3.8) is 0 Å². The van der Waals surface area contributed by atoms with E-state index >= 15 is 0 Å². The van der Waals surface area contributed by atoms with Gasteiger partial charge < -0.3 is 10.0 Å². The number of carboxylic acid groups (broad SMARTS) is 1. The Morgan fingerprint density at radius 1 is 0.917 bits per heavy atom. The molecule has 1 N–H and O–H groups in total. The third-order valence-electron chi connectivity index (χ3n) is 3.59. The predicted molar refractivity (Wildman–Crippen MR) is 94.7 cm³/mol. The first-order valence-corrected chi connectivity index (χ1v) is 8.26. The van der Waals surface area contributed by atoms with Crippen molar-refractivity contribution in [2.45, 2.75) is 6.54 Å². The predicted octanol–water partition coefficient (Wildman–Crippen LogP) is 4.29. The van der Waals surface area contributed by atoms with Gasteiger partial charge in [-0.2, -0.15) is 0 Å². The Labute approximate surface area is 143 Å². The van der Waals surface area contributed by atoms with Gasteiger partial charge in [0.25, 0.3) is 5.91 Å². The van der Waals surface area contributed by atoms with E-state index < -0.39 is 5.97 Å². The number of hydrogen-bond acceptors (Lipinski definition) is 3. The summed E-state index contributed by atoms with van der Waals surface area (Å²) in [6.07, 6.45) is 0. The minimum atomic E-state index is -1.05. The van der Waals surface area contributed by atoms with Crippen LogP contribution in [0.2, 0.25) is 0 Å². The van der Waals surface area contributed by atoms with E-state index in [0.29, 0.717) is 17.1 Å². The van der Waals surface area contributed by atoms with Crippen LogP contribution in [0.5, 0.6) is 0 Å². The molecule has 24 heavy (non-hydrogen) atoms. The largest absolute Gasteiger partial charge is 0.478 e. The summed E-state index contributed by atoms with van der Waals surface area (Å²) in [5, 5.41) is 11.3. The van der Waals surface area contributed by atoms with E-state index in [1.165, 1.54) is 22.3 Å². The first-order valence-electron chi connectivity index (χ1n) is 7.38. The highest BCUT2D eigenvalue weighted by atomic mass is 32.1. The molecule has 0 atom stereocenters. The second kappa shape index (κ2) is 7.10. The number of para-hydroxylation sites is 1. The highest BCUT2D eigenvalue weighted by Gasteiger charge is 2.23. The van der Waals surface area contributed by atoms with Gasteiger partial charge in [0.2, 0.25) is 0 Å². The van der Waals surface area contributed by atoms with Crippen molar-refractivity contribution in [1.82, 2.24) is 0 Å². The van der Waals surface area contributed by atoms with Crippen LogP contribution in [0.3, 0.4) is 0 Å². The van der Waals surface area contributed by atoms with Crippen LogP contribution in [0.1, 0.15) is 25.6 Å². The third-order valence-corrected chi connectivity index (χ3v) is 4.44. The molecule has 1 heterocycles. The van der Waals surface area contributed by atoms with Gasteiger partial charge >= 0.3 is 5.97 Å². The van der Waals surface area contributed by atoms with Crippen LogP contribution in [0.25, 0.3) is 0 Å². The van der Waals surface area contributed by atoms with Gasteiger partial charge in [-0.15, -0.1) is 11.3 Å². The number of carboxylic acids is 1. The molecule has 120 valence electrons. The molecule has 2 aromatic carbocycles.